The SMILES string of the molecule is Nc1nc(=Nc2ccc(Cl)cc2)ss1. The van der Waals surface area contributed by atoms with E-state index in [1.54, 1.807) is 12.1 Å². The molecule has 0 bridgehead atoms. The van der Waals surface area contributed by atoms with Crippen LogP contribution in [0.15, 0.2) is 29.3 Å². The van der Waals surface area contributed by atoms with Gasteiger partial charge in [0.05, 0.1) is 5.69 Å². The number of benzene rings is 1. The molecular weight excluding hydrogens is 238 g/mol. The van der Waals surface area contributed by atoms with Crippen molar-refractivity contribution in [3.63, 3.8) is 0 Å². The summed E-state index contributed by atoms with van der Waals surface area (Å²) in [5.74, 6) is 0. The first-order valence-electron chi connectivity index (χ1n) is 3.77. The number of nitrogens with zero attached hydrogens (tertiary/aromatic N) is 2. The Kier molecular flexibility index (Phi) is 2.81. The zero-order valence-corrected chi connectivity index (χ0v) is 9.36. The van der Waals surface area contributed by atoms with Gasteiger partial charge in [0, 0.05) is 5.02 Å². The molecule has 0 saturated carbocycles. The molecule has 0 fully saturated rings. The molecule has 14 heavy (non-hydrogen) atoms. The normalized spacial score (nSPS) is 11.9. The Morgan fingerprint density at radius 1 is 1.21 bits per heavy atom. The second-order valence-corrected chi connectivity index (χ2v) is 5.04. The largest absolute Gasteiger partial charge is 0.374 e. The van der Waals surface area contributed by atoms with Crippen LogP contribution < -0.4 is 10.5 Å². The Balaban J connectivity index is 2.38. The molecule has 2 rings (SSSR count). The van der Waals surface area contributed by atoms with E-state index in [1.165, 1.54) is 20.7 Å². The summed E-state index contributed by atoms with van der Waals surface area (Å²) < 4.78 is 0. The third-order valence-electron chi connectivity index (χ3n) is 1.46. The maximum Gasteiger partial charge on any atom is 0.222 e. The van der Waals surface area contributed by atoms with Gasteiger partial charge in [-0.15, -0.1) is 0 Å². The first-order chi connectivity index (χ1) is 6.74. The monoisotopic (exact) mass is 243 g/mol. The third-order valence-corrected chi connectivity index (χ3v) is 3.60. The fraction of sp³-hybridized carbons (Fsp3) is 0. The Hall–Kier alpha value is -0.910. The number of hydrogen-bond donors (Lipinski definition) is 1. The molecule has 0 amide bonds. The molecule has 72 valence electrons. The minimum atomic E-state index is 0.544. The van der Waals surface area contributed by atoms with Crippen LogP contribution in [0.4, 0.5) is 10.8 Å². The van der Waals surface area contributed by atoms with E-state index in [2.05, 4.69) is 9.98 Å². The molecule has 0 saturated heterocycles. The summed E-state index contributed by atoms with van der Waals surface area (Å²) in [4.78, 5) is 9.00. The predicted molar refractivity (Wildman–Crippen MR) is 61.1 cm³/mol. The summed E-state index contributed by atoms with van der Waals surface area (Å²) in [6, 6.07) is 7.26. The summed E-state index contributed by atoms with van der Waals surface area (Å²) in [7, 11) is 2.87. The molecule has 0 unspecified atom stereocenters. The quantitative estimate of drug-likeness (QED) is 0.783. The van der Waals surface area contributed by atoms with Gasteiger partial charge in [-0.05, 0) is 44.9 Å². The lowest BCUT2D eigenvalue weighted by Gasteiger charge is -1.90. The van der Waals surface area contributed by atoms with Gasteiger partial charge in [-0.25, -0.2) is 4.99 Å². The highest BCUT2D eigenvalue weighted by molar-refractivity contribution is 7.69. The van der Waals surface area contributed by atoms with Crippen molar-refractivity contribution in [1.29, 1.82) is 0 Å². The molecule has 6 heteroatoms. The molecule has 3 nitrogen and oxygen atoms in total. The van der Waals surface area contributed by atoms with Crippen LogP contribution in [-0.2, 0) is 0 Å². The Morgan fingerprint density at radius 3 is 2.50 bits per heavy atom. The molecule has 0 spiro atoms. The Bertz CT molecular complexity index is 486. The molecular formula is C8H6ClN3S2. The lowest BCUT2D eigenvalue weighted by Crippen LogP contribution is -1.97. The van der Waals surface area contributed by atoms with Crippen molar-refractivity contribution in [2.24, 2.45) is 4.99 Å². The molecule has 0 aliphatic heterocycles. The molecule has 0 radical (unpaired) electrons. The average molecular weight is 244 g/mol. The Labute approximate surface area is 92.9 Å². The van der Waals surface area contributed by atoms with Gasteiger partial charge >= 0.3 is 0 Å². The summed E-state index contributed by atoms with van der Waals surface area (Å²) in [6.07, 6.45) is 0. The van der Waals surface area contributed by atoms with Gasteiger partial charge in [0.2, 0.25) is 4.80 Å². The fourth-order valence-electron chi connectivity index (χ4n) is 0.881. The average Bonchev–Trinajstić information content (AvgIpc) is 2.56. The number of nitrogen functional groups attached to an aromatic ring is 1. The summed E-state index contributed by atoms with van der Waals surface area (Å²) in [5.41, 5.74) is 6.32. The van der Waals surface area contributed by atoms with Crippen molar-refractivity contribution in [1.82, 2.24) is 4.98 Å². The van der Waals surface area contributed by atoms with E-state index in [0.717, 1.165) is 5.69 Å². The van der Waals surface area contributed by atoms with Crippen molar-refractivity contribution >= 4 is 43.1 Å². The Morgan fingerprint density at radius 2 is 1.93 bits per heavy atom. The van der Waals surface area contributed by atoms with Crippen LogP contribution in [0.5, 0.6) is 0 Å². The first-order valence-corrected chi connectivity index (χ1v) is 6.30. The van der Waals surface area contributed by atoms with E-state index in [1.807, 2.05) is 12.1 Å². The number of aromatic nitrogens is 1. The topological polar surface area (TPSA) is 51.3 Å². The second-order valence-electron chi connectivity index (χ2n) is 2.49. The molecule has 1 aromatic carbocycles. The second kappa shape index (κ2) is 4.08. The summed E-state index contributed by atoms with van der Waals surface area (Å²) in [5, 5.41) is 1.24. The lowest BCUT2D eigenvalue weighted by molar-refractivity contribution is 1.25. The standard InChI is InChI=1S/C8H6ClN3S2/c9-5-1-3-6(4-2-5)11-8-12-7(10)13-14-8/h1-4H,(H2,10,11,12). The number of halogens is 1. The number of hydrogen-bond acceptors (Lipinski definition) is 5. The molecule has 1 heterocycles. The highest BCUT2D eigenvalue weighted by atomic mass is 35.5. The van der Waals surface area contributed by atoms with Crippen molar-refractivity contribution in [3.05, 3.63) is 34.1 Å². The van der Waals surface area contributed by atoms with Gasteiger partial charge in [0.1, 0.15) is 0 Å². The van der Waals surface area contributed by atoms with Crippen molar-refractivity contribution in [3.8, 4) is 0 Å². The van der Waals surface area contributed by atoms with Crippen molar-refractivity contribution in [2.75, 3.05) is 5.73 Å². The maximum absolute atomic E-state index is 5.75. The fourth-order valence-corrected chi connectivity index (χ4v) is 2.44. The van der Waals surface area contributed by atoms with Crippen LogP contribution in [0, 0.1) is 0 Å². The molecule has 0 aliphatic rings. The minimum Gasteiger partial charge on any atom is -0.374 e. The molecule has 1 aromatic heterocycles. The van der Waals surface area contributed by atoms with E-state index < -0.39 is 0 Å². The zero-order chi connectivity index (χ0) is 9.97. The zero-order valence-electron chi connectivity index (χ0n) is 6.98. The van der Waals surface area contributed by atoms with Crippen LogP contribution in [0.3, 0.4) is 0 Å². The molecule has 0 atom stereocenters. The minimum absolute atomic E-state index is 0.544. The highest BCUT2D eigenvalue weighted by Gasteiger charge is 1.93. The van der Waals surface area contributed by atoms with Crippen LogP contribution in [0.2, 0.25) is 5.02 Å². The van der Waals surface area contributed by atoms with Crippen LogP contribution in [0.1, 0.15) is 0 Å². The highest BCUT2D eigenvalue weighted by Crippen LogP contribution is 2.16. The maximum atomic E-state index is 5.75. The summed E-state index contributed by atoms with van der Waals surface area (Å²) in [6.45, 7) is 0. The van der Waals surface area contributed by atoms with Crippen LogP contribution >= 0.6 is 32.3 Å². The van der Waals surface area contributed by atoms with Gasteiger partial charge in [0.25, 0.3) is 0 Å². The van der Waals surface area contributed by atoms with Crippen molar-refractivity contribution in [2.45, 2.75) is 0 Å². The van der Waals surface area contributed by atoms with E-state index >= 15 is 0 Å². The third kappa shape index (κ3) is 2.31. The van der Waals surface area contributed by atoms with E-state index in [4.69, 9.17) is 17.3 Å². The van der Waals surface area contributed by atoms with Gasteiger partial charge in [-0.3, -0.25) is 0 Å². The molecule has 2 N–H and O–H groups in total. The summed E-state index contributed by atoms with van der Waals surface area (Å²) >= 11 is 5.75. The van der Waals surface area contributed by atoms with Crippen molar-refractivity contribution < 1.29 is 0 Å². The number of nitrogens with two attached hydrogens (primary N) is 1. The van der Waals surface area contributed by atoms with Gasteiger partial charge in [0.15, 0.2) is 5.13 Å². The van der Waals surface area contributed by atoms with E-state index in [-0.39, 0.29) is 0 Å². The molecule has 0 aliphatic carbocycles. The van der Waals surface area contributed by atoms with Crippen LogP contribution in [0.25, 0.3) is 0 Å². The van der Waals surface area contributed by atoms with Crippen LogP contribution in [-0.4, -0.2) is 4.98 Å². The van der Waals surface area contributed by atoms with Gasteiger partial charge in [-0.2, -0.15) is 4.98 Å². The number of anilines is 1. The number of rotatable bonds is 1. The van der Waals surface area contributed by atoms with Gasteiger partial charge in [-0.1, -0.05) is 11.6 Å². The first kappa shape index (κ1) is 9.64. The molecule has 2 aromatic rings. The predicted octanol–water partition coefficient (Wildman–Crippen LogP) is 2.67. The van der Waals surface area contributed by atoms with E-state index in [9.17, 15) is 0 Å². The van der Waals surface area contributed by atoms with Gasteiger partial charge < -0.3 is 5.73 Å². The van der Waals surface area contributed by atoms with E-state index in [0.29, 0.717) is 15.0 Å². The lowest BCUT2D eigenvalue weighted by atomic mass is 10.3. The smallest absolute Gasteiger partial charge is 0.222 e.